The molecule has 0 aliphatic rings. The number of thiophene rings is 2. The van der Waals surface area contributed by atoms with Crippen LogP contribution in [0.15, 0.2) is 26.2 Å². The molecular formula is C11H10BrNO4S3. The summed E-state index contributed by atoms with van der Waals surface area (Å²) in [5.74, 6) is -1.23. The molecule has 0 atom stereocenters. The van der Waals surface area contributed by atoms with Crippen molar-refractivity contribution in [2.24, 2.45) is 0 Å². The number of hydrogen-bond donors (Lipinski definition) is 2. The van der Waals surface area contributed by atoms with Crippen molar-refractivity contribution in [3.8, 4) is 0 Å². The monoisotopic (exact) mass is 395 g/mol. The molecule has 2 heterocycles. The van der Waals surface area contributed by atoms with E-state index in [2.05, 4.69) is 20.7 Å². The number of hydrogen-bond acceptors (Lipinski definition) is 5. The molecule has 2 N–H and O–H groups in total. The van der Waals surface area contributed by atoms with Gasteiger partial charge in [-0.25, -0.2) is 17.9 Å². The van der Waals surface area contributed by atoms with E-state index in [0.29, 0.717) is 5.56 Å². The number of carbonyl (C=O) groups is 1. The van der Waals surface area contributed by atoms with Crippen LogP contribution >= 0.6 is 38.6 Å². The topological polar surface area (TPSA) is 83.5 Å². The standard InChI is InChI=1S/C11H10BrNO4S3/c1-6-5-18-9(11(14)15)10(6)20(16,17)13-4-7-2-3-8(12)19-7/h2-3,5,13H,4H2,1H3,(H,14,15). The Morgan fingerprint density at radius 1 is 1.45 bits per heavy atom. The van der Waals surface area contributed by atoms with Crippen LogP contribution in [-0.2, 0) is 16.6 Å². The highest BCUT2D eigenvalue weighted by molar-refractivity contribution is 9.11. The van der Waals surface area contributed by atoms with Gasteiger partial charge < -0.3 is 5.11 Å². The molecule has 108 valence electrons. The Bertz CT molecular complexity index is 748. The number of halogens is 1. The van der Waals surface area contributed by atoms with E-state index in [1.165, 1.54) is 16.7 Å². The van der Waals surface area contributed by atoms with Gasteiger partial charge in [-0.3, -0.25) is 0 Å². The molecule has 0 saturated heterocycles. The van der Waals surface area contributed by atoms with Crippen LogP contribution in [0.3, 0.4) is 0 Å². The summed E-state index contributed by atoms with van der Waals surface area (Å²) in [7, 11) is -3.84. The Hall–Kier alpha value is -0.740. The molecule has 0 amide bonds. The van der Waals surface area contributed by atoms with E-state index in [-0.39, 0.29) is 16.3 Å². The number of aryl methyl sites for hydroxylation is 1. The highest BCUT2D eigenvalue weighted by Crippen LogP contribution is 2.27. The van der Waals surface area contributed by atoms with Gasteiger partial charge in [0.2, 0.25) is 10.0 Å². The van der Waals surface area contributed by atoms with E-state index in [1.54, 1.807) is 13.0 Å². The Labute approximate surface area is 132 Å². The van der Waals surface area contributed by atoms with Gasteiger partial charge >= 0.3 is 5.97 Å². The maximum Gasteiger partial charge on any atom is 0.347 e. The summed E-state index contributed by atoms with van der Waals surface area (Å²) in [5.41, 5.74) is 0.437. The van der Waals surface area contributed by atoms with Crippen LogP contribution in [0.1, 0.15) is 20.1 Å². The van der Waals surface area contributed by atoms with E-state index < -0.39 is 16.0 Å². The zero-order chi connectivity index (χ0) is 14.9. The van der Waals surface area contributed by atoms with E-state index in [9.17, 15) is 13.2 Å². The molecule has 0 aliphatic carbocycles. The second-order valence-corrected chi connectivity index (χ2v) is 9.04. The molecule has 20 heavy (non-hydrogen) atoms. The fourth-order valence-electron chi connectivity index (χ4n) is 1.60. The first-order valence-corrected chi connectivity index (χ1v) is 9.34. The molecule has 0 radical (unpaired) electrons. The third-order valence-electron chi connectivity index (χ3n) is 2.45. The Morgan fingerprint density at radius 3 is 2.70 bits per heavy atom. The minimum atomic E-state index is -3.84. The van der Waals surface area contributed by atoms with Crippen LogP contribution in [0.25, 0.3) is 0 Å². The second-order valence-electron chi connectivity index (χ2n) is 3.91. The van der Waals surface area contributed by atoms with Gasteiger partial charge in [-0.05, 0) is 45.9 Å². The normalized spacial score (nSPS) is 11.7. The molecule has 0 unspecified atom stereocenters. The summed E-state index contributed by atoms with van der Waals surface area (Å²) in [6.07, 6.45) is 0. The first-order valence-electron chi connectivity index (χ1n) is 5.36. The summed E-state index contributed by atoms with van der Waals surface area (Å²) in [6.45, 7) is 1.71. The molecule has 0 spiro atoms. The van der Waals surface area contributed by atoms with Crippen molar-refractivity contribution in [2.75, 3.05) is 0 Å². The zero-order valence-electron chi connectivity index (χ0n) is 10.2. The number of nitrogens with one attached hydrogen (secondary N) is 1. The summed E-state index contributed by atoms with van der Waals surface area (Å²) >= 11 is 5.63. The molecule has 0 fully saturated rings. The summed E-state index contributed by atoms with van der Waals surface area (Å²) in [4.78, 5) is 11.6. The highest BCUT2D eigenvalue weighted by Gasteiger charge is 2.26. The highest BCUT2D eigenvalue weighted by atomic mass is 79.9. The van der Waals surface area contributed by atoms with Gasteiger partial charge in [-0.15, -0.1) is 22.7 Å². The number of carboxylic acid groups (broad SMARTS) is 1. The maximum absolute atomic E-state index is 12.2. The van der Waals surface area contributed by atoms with Gasteiger partial charge in [0.1, 0.15) is 9.77 Å². The lowest BCUT2D eigenvalue weighted by Crippen LogP contribution is -2.24. The molecular weight excluding hydrogens is 386 g/mol. The molecule has 0 saturated carbocycles. The summed E-state index contributed by atoms with van der Waals surface area (Å²) in [6, 6.07) is 3.63. The Balaban J connectivity index is 2.27. The number of rotatable bonds is 5. The Morgan fingerprint density at radius 2 is 2.15 bits per heavy atom. The van der Waals surface area contributed by atoms with Crippen molar-refractivity contribution in [3.63, 3.8) is 0 Å². The fraction of sp³-hybridized carbons (Fsp3) is 0.182. The van der Waals surface area contributed by atoms with E-state index in [4.69, 9.17) is 5.11 Å². The molecule has 0 aliphatic heterocycles. The maximum atomic E-state index is 12.2. The third-order valence-corrected chi connectivity index (χ3v) is 6.87. The van der Waals surface area contributed by atoms with Crippen LogP contribution in [0.4, 0.5) is 0 Å². The minimum Gasteiger partial charge on any atom is -0.477 e. The van der Waals surface area contributed by atoms with Gasteiger partial charge in [0.05, 0.1) is 3.79 Å². The molecule has 9 heteroatoms. The van der Waals surface area contributed by atoms with E-state index in [1.807, 2.05) is 6.07 Å². The first-order chi connectivity index (χ1) is 9.31. The minimum absolute atomic E-state index is 0.132. The van der Waals surface area contributed by atoms with Crippen molar-refractivity contribution < 1.29 is 18.3 Å². The van der Waals surface area contributed by atoms with E-state index >= 15 is 0 Å². The number of sulfonamides is 1. The average Bonchev–Trinajstić information content (AvgIpc) is 2.93. The van der Waals surface area contributed by atoms with Crippen LogP contribution < -0.4 is 4.72 Å². The first kappa shape index (κ1) is 15.6. The Kier molecular flexibility index (Phi) is 4.65. The zero-order valence-corrected chi connectivity index (χ0v) is 14.2. The van der Waals surface area contributed by atoms with Crippen molar-refractivity contribution in [3.05, 3.63) is 36.6 Å². The lowest BCUT2D eigenvalue weighted by molar-refractivity contribution is 0.0698. The van der Waals surface area contributed by atoms with Crippen molar-refractivity contribution in [1.29, 1.82) is 0 Å². The summed E-state index contributed by atoms with van der Waals surface area (Å²) in [5, 5.41) is 10.6. The van der Waals surface area contributed by atoms with E-state index in [0.717, 1.165) is 20.0 Å². The fourth-order valence-corrected chi connectivity index (χ4v) is 5.75. The van der Waals surface area contributed by atoms with Crippen LogP contribution in [0.5, 0.6) is 0 Å². The van der Waals surface area contributed by atoms with Crippen LogP contribution in [0.2, 0.25) is 0 Å². The van der Waals surface area contributed by atoms with Gasteiger partial charge in [0.25, 0.3) is 0 Å². The lowest BCUT2D eigenvalue weighted by atomic mass is 10.3. The van der Waals surface area contributed by atoms with Gasteiger partial charge in [0.15, 0.2) is 0 Å². The second kappa shape index (κ2) is 5.94. The number of carboxylic acids is 1. The van der Waals surface area contributed by atoms with Crippen LogP contribution in [-0.4, -0.2) is 19.5 Å². The average molecular weight is 396 g/mol. The molecule has 5 nitrogen and oxygen atoms in total. The molecule has 2 aromatic rings. The molecule has 2 rings (SSSR count). The lowest BCUT2D eigenvalue weighted by Gasteiger charge is -2.06. The summed E-state index contributed by atoms with van der Waals surface area (Å²) < 4.78 is 27.8. The quantitative estimate of drug-likeness (QED) is 0.814. The number of aromatic carboxylic acids is 1. The van der Waals surface area contributed by atoms with Crippen molar-refractivity contribution in [1.82, 2.24) is 4.72 Å². The predicted molar refractivity (Wildman–Crippen MR) is 82.1 cm³/mol. The van der Waals surface area contributed by atoms with Crippen LogP contribution in [0, 0.1) is 6.92 Å². The molecule has 0 bridgehead atoms. The largest absolute Gasteiger partial charge is 0.477 e. The molecule has 2 aromatic heterocycles. The van der Waals surface area contributed by atoms with Gasteiger partial charge in [-0.1, -0.05) is 0 Å². The van der Waals surface area contributed by atoms with Crippen molar-refractivity contribution in [2.45, 2.75) is 18.4 Å². The molecule has 0 aromatic carbocycles. The van der Waals surface area contributed by atoms with Crippen molar-refractivity contribution >= 4 is 54.6 Å². The van der Waals surface area contributed by atoms with Gasteiger partial charge in [0, 0.05) is 11.4 Å². The predicted octanol–water partition coefficient (Wildman–Crippen LogP) is 3.06. The SMILES string of the molecule is Cc1csc(C(=O)O)c1S(=O)(=O)NCc1ccc(Br)s1. The third kappa shape index (κ3) is 3.29. The van der Waals surface area contributed by atoms with Gasteiger partial charge in [-0.2, -0.15) is 0 Å². The smallest absolute Gasteiger partial charge is 0.347 e.